The van der Waals surface area contributed by atoms with Gasteiger partial charge in [-0.3, -0.25) is 4.79 Å². The zero-order valence-electron chi connectivity index (χ0n) is 14.3. The minimum Gasteiger partial charge on any atom is -0.480 e. The number of ether oxygens (including phenoxy) is 1. The molecule has 128 valence electrons. The largest absolute Gasteiger partial charge is 0.480 e. The average molecular weight is 316 g/mol. The van der Waals surface area contributed by atoms with E-state index in [0.717, 1.165) is 0 Å². The van der Waals surface area contributed by atoms with E-state index in [1.807, 2.05) is 6.92 Å². The van der Waals surface area contributed by atoms with Crippen LogP contribution in [-0.4, -0.2) is 40.3 Å². The number of aliphatic carboxylic acids is 1. The van der Waals surface area contributed by atoms with Gasteiger partial charge < -0.3 is 20.5 Å². The quantitative estimate of drug-likeness (QED) is 0.666. The van der Waals surface area contributed by atoms with Crippen LogP contribution >= 0.6 is 0 Å². The Hall–Kier alpha value is -1.79. The highest BCUT2D eigenvalue weighted by atomic mass is 16.6. The zero-order valence-corrected chi connectivity index (χ0v) is 14.3. The van der Waals surface area contributed by atoms with Crippen molar-refractivity contribution in [2.75, 3.05) is 0 Å². The summed E-state index contributed by atoms with van der Waals surface area (Å²) in [7, 11) is 0. The molecule has 7 heteroatoms. The normalized spacial score (nSPS) is 15.4. The van der Waals surface area contributed by atoms with Crippen LogP contribution in [-0.2, 0) is 14.3 Å². The van der Waals surface area contributed by atoms with Crippen LogP contribution in [0.1, 0.15) is 60.8 Å². The van der Waals surface area contributed by atoms with Gasteiger partial charge in [0.15, 0.2) is 0 Å². The molecule has 0 spiro atoms. The van der Waals surface area contributed by atoms with Crippen LogP contribution in [0.15, 0.2) is 0 Å². The number of carboxylic acid groups (broad SMARTS) is 1. The molecule has 0 saturated carbocycles. The number of carboxylic acids is 1. The summed E-state index contributed by atoms with van der Waals surface area (Å²) in [5.74, 6) is -1.63. The van der Waals surface area contributed by atoms with Crippen LogP contribution in [0.4, 0.5) is 4.79 Å². The van der Waals surface area contributed by atoms with Crippen LogP contribution in [0.5, 0.6) is 0 Å². The Bertz CT molecular complexity index is 417. The van der Waals surface area contributed by atoms with Crippen molar-refractivity contribution in [1.82, 2.24) is 10.6 Å². The Kier molecular flexibility index (Phi) is 7.35. The number of hydrogen-bond donors (Lipinski definition) is 3. The fourth-order valence-corrected chi connectivity index (χ4v) is 1.70. The van der Waals surface area contributed by atoms with Crippen molar-refractivity contribution >= 4 is 18.0 Å². The van der Waals surface area contributed by atoms with Crippen molar-refractivity contribution in [3.8, 4) is 0 Å². The molecule has 0 heterocycles. The zero-order chi connectivity index (χ0) is 17.6. The van der Waals surface area contributed by atoms with Crippen LogP contribution < -0.4 is 10.6 Å². The predicted molar refractivity (Wildman–Crippen MR) is 82.5 cm³/mol. The van der Waals surface area contributed by atoms with Crippen molar-refractivity contribution in [1.29, 1.82) is 0 Å². The van der Waals surface area contributed by atoms with Crippen LogP contribution in [0, 0.1) is 0 Å². The monoisotopic (exact) mass is 316 g/mol. The first-order chi connectivity index (χ1) is 9.95. The summed E-state index contributed by atoms with van der Waals surface area (Å²) in [6.45, 7) is 10.3. The molecule has 0 aromatic rings. The summed E-state index contributed by atoms with van der Waals surface area (Å²) in [4.78, 5) is 35.3. The molecule has 0 bridgehead atoms. The first-order valence-corrected chi connectivity index (χ1v) is 7.50. The highest BCUT2D eigenvalue weighted by molar-refractivity contribution is 5.92. The number of carbonyl (C=O) groups is 3. The van der Waals surface area contributed by atoms with Crippen molar-refractivity contribution in [3.63, 3.8) is 0 Å². The lowest BCUT2D eigenvalue weighted by Crippen LogP contribution is -2.59. The van der Waals surface area contributed by atoms with E-state index < -0.39 is 35.2 Å². The SMILES string of the molecule is CCC[C@@H](NC(=O)C(C)(CC)NC(=O)OC(C)(C)C)C(=O)O. The Balaban J connectivity index is 4.93. The lowest BCUT2D eigenvalue weighted by atomic mass is 9.97. The highest BCUT2D eigenvalue weighted by Gasteiger charge is 2.36. The predicted octanol–water partition coefficient (Wildman–Crippen LogP) is 2.05. The maximum absolute atomic E-state index is 12.3. The van der Waals surface area contributed by atoms with Crippen LogP contribution in [0.2, 0.25) is 0 Å². The molecule has 22 heavy (non-hydrogen) atoms. The van der Waals surface area contributed by atoms with E-state index in [4.69, 9.17) is 9.84 Å². The molecule has 0 aliphatic carbocycles. The maximum atomic E-state index is 12.3. The molecule has 0 aromatic heterocycles. The molecule has 0 aliphatic heterocycles. The molecule has 0 aliphatic rings. The third-order valence-corrected chi connectivity index (χ3v) is 3.17. The summed E-state index contributed by atoms with van der Waals surface area (Å²) >= 11 is 0. The minimum absolute atomic E-state index is 0.302. The van der Waals surface area contributed by atoms with Crippen molar-refractivity contribution in [2.24, 2.45) is 0 Å². The Morgan fingerprint density at radius 2 is 1.68 bits per heavy atom. The number of rotatable bonds is 7. The Morgan fingerprint density at radius 3 is 2.05 bits per heavy atom. The van der Waals surface area contributed by atoms with Gasteiger partial charge in [-0.1, -0.05) is 20.3 Å². The highest BCUT2D eigenvalue weighted by Crippen LogP contribution is 2.14. The smallest absolute Gasteiger partial charge is 0.408 e. The Labute approximate surface area is 131 Å². The van der Waals surface area contributed by atoms with Gasteiger partial charge in [0.1, 0.15) is 17.2 Å². The van der Waals surface area contributed by atoms with Gasteiger partial charge in [0.2, 0.25) is 5.91 Å². The molecule has 1 unspecified atom stereocenters. The maximum Gasteiger partial charge on any atom is 0.408 e. The summed E-state index contributed by atoms with van der Waals surface area (Å²) in [5.41, 5.74) is -1.91. The van der Waals surface area contributed by atoms with Gasteiger partial charge in [0, 0.05) is 0 Å². The number of hydrogen-bond acceptors (Lipinski definition) is 4. The second-order valence-electron chi connectivity index (χ2n) is 6.47. The number of nitrogens with one attached hydrogen (secondary N) is 2. The Morgan fingerprint density at radius 1 is 1.14 bits per heavy atom. The van der Waals surface area contributed by atoms with Crippen molar-refractivity contribution in [3.05, 3.63) is 0 Å². The van der Waals surface area contributed by atoms with Gasteiger partial charge in [-0.25, -0.2) is 9.59 Å². The first-order valence-electron chi connectivity index (χ1n) is 7.50. The molecule has 0 aromatic carbocycles. The molecule has 2 atom stereocenters. The molecule has 0 rings (SSSR count). The molecule has 3 N–H and O–H groups in total. The fourth-order valence-electron chi connectivity index (χ4n) is 1.70. The second kappa shape index (κ2) is 8.00. The number of carbonyl (C=O) groups excluding carboxylic acids is 2. The van der Waals surface area contributed by atoms with E-state index in [1.54, 1.807) is 27.7 Å². The average Bonchev–Trinajstić information content (AvgIpc) is 2.35. The van der Waals surface area contributed by atoms with Gasteiger partial charge >= 0.3 is 12.1 Å². The van der Waals surface area contributed by atoms with Crippen LogP contribution in [0.25, 0.3) is 0 Å². The summed E-state index contributed by atoms with van der Waals surface area (Å²) in [6.07, 6.45) is 0.540. The molecule has 0 radical (unpaired) electrons. The fraction of sp³-hybridized carbons (Fsp3) is 0.800. The molecular weight excluding hydrogens is 288 g/mol. The summed E-state index contributed by atoms with van der Waals surface area (Å²) in [6, 6.07) is -0.969. The third-order valence-electron chi connectivity index (χ3n) is 3.17. The standard InChI is InChI=1S/C15H28N2O5/c1-7-9-10(11(18)19)16-12(20)15(6,8-2)17-13(21)22-14(3,4)5/h10H,7-9H2,1-6H3,(H,16,20)(H,17,21)(H,18,19)/t10-,15?/m1/s1. The number of amides is 2. The van der Waals surface area contributed by atoms with Crippen molar-refractivity contribution in [2.45, 2.75) is 78.0 Å². The van der Waals surface area contributed by atoms with Gasteiger partial charge in [-0.2, -0.15) is 0 Å². The van der Waals surface area contributed by atoms with E-state index >= 15 is 0 Å². The van der Waals surface area contributed by atoms with E-state index in [0.29, 0.717) is 19.3 Å². The van der Waals surface area contributed by atoms with E-state index in [9.17, 15) is 14.4 Å². The van der Waals surface area contributed by atoms with E-state index in [-0.39, 0.29) is 0 Å². The summed E-state index contributed by atoms with van der Waals surface area (Å²) < 4.78 is 5.14. The van der Waals surface area contributed by atoms with Gasteiger partial charge in [0.05, 0.1) is 0 Å². The van der Waals surface area contributed by atoms with Gasteiger partial charge in [0.25, 0.3) is 0 Å². The van der Waals surface area contributed by atoms with Crippen LogP contribution in [0.3, 0.4) is 0 Å². The third kappa shape index (κ3) is 6.78. The first kappa shape index (κ1) is 20.2. The van der Waals surface area contributed by atoms with Gasteiger partial charge in [-0.05, 0) is 40.5 Å². The molecule has 2 amide bonds. The lowest BCUT2D eigenvalue weighted by Gasteiger charge is -2.31. The van der Waals surface area contributed by atoms with E-state index in [2.05, 4.69) is 10.6 Å². The molecule has 7 nitrogen and oxygen atoms in total. The van der Waals surface area contributed by atoms with Crippen molar-refractivity contribution < 1.29 is 24.2 Å². The van der Waals surface area contributed by atoms with Gasteiger partial charge in [-0.15, -0.1) is 0 Å². The van der Waals surface area contributed by atoms with E-state index in [1.165, 1.54) is 6.92 Å². The molecule has 0 saturated heterocycles. The molecule has 0 fully saturated rings. The molecular formula is C15H28N2O5. The number of alkyl carbamates (subject to hydrolysis) is 1. The summed E-state index contributed by atoms with van der Waals surface area (Å²) in [5, 5.41) is 14.1. The lowest BCUT2D eigenvalue weighted by molar-refractivity contribution is -0.143. The minimum atomic E-state index is -1.23. The topological polar surface area (TPSA) is 105 Å². The second-order valence-corrected chi connectivity index (χ2v) is 6.47.